The molecule has 2 aromatic rings. The third kappa shape index (κ3) is 3.33. The van der Waals surface area contributed by atoms with Crippen molar-refractivity contribution in [2.24, 2.45) is 0 Å². The molecule has 0 radical (unpaired) electrons. The van der Waals surface area contributed by atoms with Crippen molar-refractivity contribution in [1.29, 1.82) is 0 Å². The first-order valence-corrected chi connectivity index (χ1v) is 7.56. The Morgan fingerprint density at radius 2 is 2.26 bits per heavy atom. The third-order valence-corrected chi connectivity index (χ3v) is 3.99. The molecule has 0 amide bonds. The van der Waals surface area contributed by atoms with Gasteiger partial charge in [-0.15, -0.1) is 0 Å². The Labute approximate surface area is 134 Å². The van der Waals surface area contributed by atoms with Crippen LogP contribution < -0.4 is 0 Å². The van der Waals surface area contributed by atoms with Crippen LogP contribution in [-0.2, 0) is 20.8 Å². The maximum atomic E-state index is 13.9. The van der Waals surface area contributed by atoms with E-state index in [2.05, 4.69) is 9.88 Å². The Balaban J connectivity index is 1.84. The van der Waals surface area contributed by atoms with Crippen LogP contribution in [0.2, 0.25) is 0 Å². The van der Waals surface area contributed by atoms with Crippen molar-refractivity contribution in [3.8, 4) is 0 Å². The first kappa shape index (κ1) is 15.8. The molecule has 1 aromatic heterocycles. The largest absolute Gasteiger partial charge is 0.467 e. The fourth-order valence-electron chi connectivity index (χ4n) is 2.99. The molecule has 1 aliphatic heterocycles. The van der Waals surface area contributed by atoms with Crippen LogP contribution in [0.1, 0.15) is 12.5 Å². The highest BCUT2D eigenvalue weighted by Gasteiger charge is 2.31. The van der Waals surface area contributed by atoms with Crippen molar-refractivity contribution >= 4 is 16.9 Å². The minimum atomic E-state index is -0.594. The second kappa shape index (κ2) is 6.60. The quantitative estimate of drug-likeness (QED) is 0.812. The lowest BCUT2D eigenvalue weighted by atomic mass is 10.1. The standard InChI is InChI=1S/C17H19FN2O3/c1-11-8-20(10-15(23-11)17(21)22-2)9-12-5-6-14(18)13-4-3-7-19-16(12)13/h3-7,11,15H,8-10H2,1-2H3/t11-,15+/m1/s1. The number of fused-ring (bicyclic) bond motifs is 1. The van der Waals surface area contributed by atoms with E-state index >= 15 is 0 Å². The molecule has 23 heavy (non-hydrogen) atoms. The van der Waals surface area contributed by atoms with Crippen molar-refractivity contribution in [1.82, 2.24) is 9.88 Å². The predicted octanol–water partition coefficient (Wildman–Crippen LogP) is 2.14. The highest BCUT2D eigenvalue weighted by molar-refractivity contribution is 5.82. The monoisotopic (exact) mass is 318 g/mol. The molecular formula is C17H19FN2O3. The average Bonchev–Trinajstić information content (AvgIpc) is 2.56. The zero-order valence-electron chi connectivity index (χ0n) is 13.2. The van der Waals surface area contributed by atoms with Crippen molar-refractivity contribution < 1.29 is 18.7 Å². The SMILES string of the molecule is COC(=O)[C@@H]1CN(Cc2ccc(F)c3cccnc23)C[C@@H](C)O1. The molecule has 0 bridgehead atoms. The summed E-state index contributed by atoms with van der Waals surface area (Å²) in [6, 6.07) is 6.65. The summed E-state index contributed by atoms with van der Waals surface area (Å²) < 4.78 is 24.3. The summed E-state index contributed by atoms with van der Waals surface area (Å²) in [5.74, 6) is -0.650. The van der Waals surface area contributed by atoms with E-state index in [0.717, 1.165) is 5.56 Å². The number of nitrogens with zero attached hydrogens (tertiary/aromatic N) is 2. The van der Waals surface area contributed by atoms with E-state index in [9.17, 15) is 9.18 Å². The van der Waals surface area contributed by atoms with Gasteiger partial charge in [0.05, 0.1) is 18.7 Å². The first-order valence-electron chi connectivity index (χ1n) is 7.56. The van der Waals surface area contributed by atoms with Gasteiger partial charge in [-0.1, -0.05) is 6.07 Å². The number of benzene rings is 1. The fraction of sp³-hybridized carbons (Fsp3) is 0.412. The number of esters is 1. The van der Waals surface area contributed by atoms with Gasteiger partial charge in [-0.3, -0.25) is 9.88 Å². The highest BCUT2D eigenvalue weighted by atomic mass is 19.1. The molecule has 1 fully saturated rings. The van der Waals surface area contributed by atoms with Gasteiger partial charge in [-0.25, -0.2) is 9.18 Å². The summed E-state index contributed by atoms with van der Waals surface area (Å²) in [6.07, 6.45) is 0.987. The molecule has 2 atom stereocenters. The Bertz CT molecular complexity index is 722. The minimum absolute atomic E-state index is 0.0764. The molecule has 5 nitrogen and oxygen atoms in total. The number of methoxy groups -OCH3 is 1. The van der Waals surface area contributed by atoms with Gasteiger partial charge in [0.2, 0.25) is 0 Å². The lowest BCUT2D eigenvalue weighted by Gasteiger charge is -2.35. The van der Waals surface area contributed by atoms with Crippen LogP contribution in [0, 0.1) is 5.82 Å². The highest BCUT2D eigenvalue weighted by Crippen LogP contribution is 2.22. The van der Waals surface area contributed by atoms with E-state index in [1.54, 1.807) is 24.4 Å². The molecule has 2 heterocycles. The normalized spacial score (nSPS) is 22.2. The maximum absolute atomic E-state index is 13.9. The van der Waals surface area contributed by atoms with E-state index in [-0.39, 0.29) is 17.9 Å². The molecule has 122 valence electrons. The lowest BCUT2D eigenvalue weighted by molar-refractivity contribution is -0.166. The van der Waals surface area contributed by atoms with Gasteiger partial charge in [-0.2, -0.15) is 0 Å². The van der Waals surface area contributed by atoms with Gasteiger partial charge < -0.3 is 9.47 Å². The number of hydrogen-bond acceptors (Lipinski definition) is 5. The number of ether oxygens (including phenoxy) is 2. The van der Waals surface area contributed by atoms with E-state index < -0.39 is 6.10 Å². The number of carbonyl (C=O) groups excluding carboxylic acids is 1. The zero-order valence-corrected chi connectivity index (χ0v) is 13.2. The van der Waals surface area contributed by atoms with Crippen LogP contribution in [-0.4, -0.2) is 48.3 Å². The first-order chi connectivity index (χ1) is 11.1. The van der Waals surface area contributed by atoms with Gasteiger partial charge in [-0.05, 0) is 30.7 Å². The molecule has 3 rings (SSSR count). The minimum Gasteiger partial charge on any atom is -0.467 e. The molecule has 0 unspecified atom stereocenters. The third-order valence-electron chi connectivity index (χ3n) is 3.99. The van der Waals surface area contributed by atoms with E-state index in [4.69, 9.17) is 9.47 Å². The van der Waals surface area contributed by atoms with Crippen LogP contribution >= 0.6 is 0 Å². The number of morpholine rings is 1. The molecule has 0 N–H and O–H groups in total. The van der Waals surface area contributed by atoms with Crippen LogP contribution in [0.15, 0.2) is 30.5 Å². The summed E-state index contributed by atoms with van der Waals surface area (Å²) in [6.45, 7) is 3.64. The van der Waals surface area contributed by atoms with Crippen LogP contribution in [0.4, 0.5) is 4.39 Å². The topological polar surface area (TPSA) is 51.7 Å². The summed E-state index contributed by atoms with van der Waals surface area (Å²) in [4.78, 5) is 18.1. The number of hydrogen-bond donors (Lipinski definition) is 0. The molecule has 1 aliphatic rings. The Morgan fingerprint density at radius 1 is 1.43 bits per heavy atom. The Hall–Kier alpha value is -2.05. The Kier molecular flexibility index (Phi) is 4.54. The van der Waals surface area contributed by atoms with Gasteiger partial charge in [0.25, 0.3) is 0 Å². The zero-order chi connectivity index (χ0) is 16.4. The van der Waals surface area contributed by atoms with Gasteiger partial charge in [0.1, 0.15) is 5.82 Å². The smallest absolute Gasteiger partial charge is 0.336 e. The van der Waals surface area contributed by atoms with Crippen molar-refractivity contribution in [2.45, 2.75) is 25.7 Å². The number of pyridine rings is 1. The van der Waals surface area contributed by atoms with E-state index in [0.29, 0.717) is 30.5 Å². The fourth-order valence-corrected chi connectivity index (χ4v) is 2.99. The summed E-state index contributed by atoms with van der Waals surface area (Å²) >= 11 is 0. The van der Waals surface area contributed by atoms with Gasteiger partial charge in [0, 0.05) is 31.2 Å². The molecular weight excluding hydrogens is 299 g/mol. The number of carbonyl (C=O) groups is 1. The molecule has 0 saturated carbocycles. The molecule has 1 saturated heterocycles. The van der Waals surface area contributed by atoms with Crippen LogP contribution in [0.25, 0.3) is 10.9 Å². The second-order valence-electron chi connectivity index (χ2n) is 5.76. The molecule has 0 spiro atoms. The van der Waals surface area contributed by atoms with E-state index in [1.165, 1.54) is 13.2 Å². The number of aromatic nitrogens is 1. The average molecular weight is 318 g/mol. The van der Waals surface area contributed by atoms with Gasteiger partial charge >= 0.3 is 5.97 Å². The Morgan fingerprint density at radius 3 is 3.04 bits per heavy atom. The maximum Gasteiger partial charge on any atom is 0.336 e. The van der Waals surface area contributed by atoms with E-state index in [1.807, 2.05) is 6.92 Å². The summed E-state index contributed by atoms with van der Waals surface area (Å²) in [7, 11) is 1.35. The predicted molar refractivity (Wildman–Crippen MR) is 83.3 cm³/mol. The molecule has 0 aliphatic carbocycles. The number of rotatable bonds is 3. The van der Waals surface area contributed by atoms with Crippen LogP contribution in [0.3, 0.4) is 0 Å². The van der Waals surface area contributed by atoms with Gasteiger partial charge in [0.15, 0.2) is 6.10 Å². The van der Waals surface area contributed by atoms with Crippen molar-refractivity contribution in [3.05, 3.63) is 41.8 Å². The lowest BCUT2D eigenvalue weighted by Crippen LogP contribution is -2.49. The second-order valence-corrected chi connectivity index (χ2v) is 5.76. The molecule has 6 heteroatoms. The summed E-state index contributed by atoms with van der Waals surface area (Å²) in [5.41, 5.74) is 1.58. The van der Waals surface area contributed by atoms with Crippen molar-refractivity contribution in [3.63, 3.8) is 0 Å². The number of halogens is 1. The molecule has 1 aromatic carbocycles. The summed E-state index contributed by atoms with van der Waals surface area (Å²) in [5, 5.41) is 0.510. The van der Waals surface area contributed by atoms with Crippen molar-refractivity contribution in [2.75, 3.05) is 20.2 Å². The van der Waals surface area contributed by atoms with Crippen LogP contribution in [0.5, 0.6) is 0 Å².